The van der Waals surface area contributed by atoms with E-state index in [1.807, 2.05) is 51.1 Å². The number of rotatable bonds is 9. The minimum Gasteiger partial charge on any atom is -0.497 e. The maximum absolute atomic E-state index is 13.4. The zero-order valence-corrected chi connectivity index (χ0v) is 21.1. The van der Waals surface area contributed by atoms with Crippen LogP contribution in [0.25, 0.3) is 0 Å². The third-order valence-corrected chi connectivity index (χ3v) is 6.72. The summed E-state index contributed by atoms with van der Waals surface area (Å²) in [4.78, 5) is 28.1. The summed E-state index contributed by atoms with van der Waals surface area (Å²) in [6.45, 7) is 7.98. The summed E-state index contributed by atoms with van der Waals surface area (Å²) in [5.41, 5.74) is 4.11. The van der Waals surface area contributed by atoms with E-state index < -0.39 is 6.04 Å². The highest BCUT2D eigenvalue weighted by atomic mass is 16.5. The van der Waals surface area contributed by atoms with Gasteiger partial charge in [-0.25, -0.2) is 0 Å². The zero-order chi connectivity index (χ0) is 24.7. The monoisotopic (exact) mass is 466 g/mol. The number of ether oxygens (including phenoxy) is 2. The number of carbonyl (C=O) groups is 2. The largest absolute Gasteiger partial charge is 0.497 e. The molecule has 0 saturated heterocycles. The molecular formula is C28H38N2O4. The molecule has 0 aliphatic heterocycles. The van der Waals surface area contributed by atoms with Crippen LogP contribution < -0.4 is 14.8 Å². The van der Waals surface area contributed by atoms with Crippen molar-refractivity contribution in [2.75, 3.05) is 13.7 Å². The lowest BCUT2D eigenvalue weighted by molar-refractivity contribution is -0.142. The Labute approximate surface area is 203 Å². The van der Waals surface area contributed by atoms with Gasteiger partial charge in [-0.3, -0.25) is 9.59 Å². The Morgan fingerprint density at radius 1 is 1.09 bits per heavy atom. The molecule has 1 aliphatic rings. The van der Waals surface area contributed by atoms with E-state index in [0.29, 0.717) is 18.0 Å². The van der Waals surface area contributed by atoms with Crippen LogP contribution in [0.2, 0.25) is 0 Å². The molecule has 1 N–H and O–H groups in total. The van der Waals surface area contributed by atoms with Crippen LogP contribution in [-0.4, -0.2) is 42.5 Å². The molecule has 0 unspecified atom stereocenters. The second-order valence-electron chi connectivity index (χ2n) is 9.39. The SMILES string of the molecule is COc1cccc(CN(C(=O)COc2cc(C)cc(C)c2C)[C@@H](C)C(=O)NC2CCCCC2)c1. The topological polar surface area (TPSA) is 67.9 Å². The van der Waals surface area contributed by atoms with Crippen molar-refractivity contribution in [3.8, 4) is 11.5 Å². The molecule has 6 heteroatoms. The van der Waals surface area contributed by atoms with Gasteiger partial charge >= 0.3 is 0 Å². The van der Waals surface area contributed by atoms with Crippen LogP contribution in [-0.2, 0) is 16.1 Å². The van der Waals surface area contributed by atoms with Gasteiger partial charge in [0.2, 0.25) is 5.91 Å². The lowest BCUT2D eigenvalue weighted by Gasteiger charge is -2.31. The lowest BCUT2D eigenvalue weighted by atomic mass is 9.95. The molecule has 1 saturated carbocycles. The van der Waals surface area contributed by atoms with Gasteiger partial charge in [0.15, 0.2) is 6.61 Å². The molecule has 34 heavy (non-hydrogen) atoms. The number of nitrogens with one attached hydrogen (secondary N) is 1. The van der Waals surface area contributed by atoms with Crippen molar-refractivity contribution in [1.29, 1.82) is 0 Å². The predicted octanol–water partition coefficient (Wildman–Crippen LogP) is 4.87. The number of aryl methyl sites for hydroxylation is 2. The fraction of sp³-hybridized carbons (Fsp3) is 0.500. The molecule has 0 aromatic heterocycles. The number of benzene rings is 2. The van der Waals surface area contributed by atoms with Gasteiger partial charge in [0, 0.05) is 12.6 Å². The fourth-order valence-corrected chi connectivity index (χ4v) is 4.49. The van der Waals surface area contributed by atoms with Crippen molar-refractivity contribution < 1.29 is 19.1 Å². The van der Waals surface area contributed by atoms with Gasteiger partial charge in [-0.05, 0) is 81.0 Å². The van der Waals surface area contributed by atoms with E-state index >= 15 is 0 Å². The van der Waals surface area contributed by atoms with Crippen LogP contribution in [0, 0.1) is 20.8 Å². The normalized spacial score (nSPS) is 14.9. The molecular weight excluding hydrogens is 428 g/mol. The first-order chi connectivity index (χ1) is 16.3. The highest BCUT2D eigenvalue weighted by Gasteiger charge is 2.28. The highest BCUT2D eigenvalue weighted by molar-refractivity contribution is 5.88. The van der Waals surface area contributed by atoms with Crippen LogP contribution in [0.5, 0.6) is 11.5 Å². The van der Waals surface area contributed by atoms with Crippen molar-refractivity contribution in [3.05, 3.63) is 58.7 Å². The van der Waals surface area contributed by atoms with Crippen molar-refractivity contribution >= 4 is 11.8 Å². The summed E-state index contributed by atoms with van der Waals surface area (Å²) >= 11 is 0. The quantitative estimate of drug-likeness (QED) is 0.573. The molecule has 1 atom stereocenters. The van der Waals surface area contributed by atoms with Crippen molar-refractivity contribution in [3.63, 3.8) is 0 Å². The van der Waals surface area contributed by atoms with E-state index in [1.54, 1.807) is 18.9 Å². The summed E-state index contributed by atoms with van der Waals surface area (Å²) in [5.74, 6) is 1.07. The third kappa shape index (κ3) is 6.75. The average molecular weight is 467 g/mol. The summed E-state index contributed by atoms with van der Waals surface area (Å²) in [5, 5.41) is 3.16. The summed E-state index contributed by atoms with van der Waals surface area (Å²) in [7, 11) is 1.61. The molecule has 0 spiro atoms. The van der Waals surface area contributed by atoms with Gasteiger partial charge in [-0.1, -0.05) is 37.5 Å². The van der Waals surface area contributed by atoms with E-state index in [-0.39, 0.29) is 24.5 Å². The number of hydrogen-bond acceptors (Lipinski definition) is 4. The Balaban J connectivity index is 1.76. The Kier molecular flexibility index (Phi) is 8.97. The molecule has 2 aromatic rings. The number of amides is 2. The Morgan fingerprint density at radius 3 is 2.53 bits per heavy atom. The van der Waals surface area contributed by atoms with Gasteiger partial charge in [-0.15, -0.1) is 0 Å². The first kappa shape index (κ1) is 25.6. The van der Waals surface area contributed by atoms with Crippen molar-refractivity contribution in [1.82, 2.24) is 10.2 Å². The number of hydrogen-bond donors (Lipinski definition) is 1. The maximum atomic E-state index is 13.4. The van der Waals surface area contributed by atoms with E-state index in [1.165, 1.54) is 6.42 Å². The highest BCUT2D eigenvalue weighted by Crippen LogP contribution is 2.24. The van der Waals surface area contributed by atoms with Crippen molar-refractivity contribution in [2.24, 2.45) is 0 Å². The molecule has 0 radical (unpaired) electrons. The van der Waals surface area contributed by atoms with Crippen LogP contribution in [0.4, 0.5) is 0 Å². The van der Waals surface area contributed by atoms with Crippen LogP contribution in [0.1, 0.15) is 61.3 Å². The first-order valence-electron chi connectivity index (χ1n) is 12.2. The Hall–Kier alpha value is -3.02. The van der Waals surface area contributed by atoms with E-state index in [4.69, 9.17) is 9.47 Å². The van der Waals surface area contributed by atoms with Gasteiger partial charge in [0.25, 0.3) is 5.91 Å². The Morgan fingerprint density at radius 2 is 1.82 bits per heavy atom. The van der Waals surface area contributed by atoms with E-state index in [2.05, 4.69) is 11.4 Å². The van der Waals surface area contributed by atoms with Gasteiger partial charge in [0.05, 0.1) is 7.11 Å². The molecule has 1 fully saturated rings. The van der Waals surface area contributed by atoms with Crippen LogP contribution >= 0.6 is 0 Å². The lowest BCUT2D eigenvalue weighted by Crippen LogP contribution is -2.51. The molecule has 2 amide bonds. The van der Waals surface area contributed by atoms with Gasteiger partial charge in [0.1, 0.15) is 17.5 Å². The fourth-order valence-electron chi connectivity index (χ4n) is 4.49. The van der Waals surface area contributed by atoms with Crippen molar-refractivity contribution in [2.45, 2.75) is 78.4 Å². The second kappa shape index (κ2) is 11.9. The summed E-state index contributed by atoms with van der Waals surface area (Å²) in [6.07, 6.45) is 5.48. The summed E-state index contributed by atoms with van der Waals surface area (Å²) < 4.78 is 11.3. The van der Waals surface area contributed by atoms with E-state index in [0.717, 1.165) is 47.9 Å². The third-order valence-electron chi connectivity index (χ3n) is 6.72. The predicted molar refractivity (Wildman–Crippen MR) is 134 cm³/mol. The number of nitrogens with zero attached hydrogens (tertiary/aromatic N) is 1. The smallest absolute Gasteiger partial charge is 0.261 e. The zero-order valence-electron chi connectivity index (χ0n) is 21.1. The molecule has 184 valence electrons. The van der Waals surface area contributed by atoms with E-state index in [9.17, 15) is 9.59 Å². The first-order valence-corrected chi connectivity index (χ1v) is 12.2. The minimum absolute atomic E-state index is 0.120. The molecule has 0 bridgehead atoms. The van der Waals surface area contributed by atoms with Gasteiger partial charge in [-0.2, -0.15) is 0 Å². The average Bonchev–Trinajstić information content (AvgIpc) is 2.84. The molecule has 0 heterocycles. The van der Waals surface area contributed by atoms with Crippen LogP contribution in [0.3, 0.4) is 0 Å². The van der Waals surface area contributed by atoms with Gasteiger partial charge < -0.3 is 19.7 Å². The molecule has 1 aliphatic carbocycles. The standard InChI is InChI=1S/C28H38N2O4/c1-19-14-20(2)21(3)26(15-19)34-18-27(31)30(17-23-10-9-13-25(16-23)33-5)22(4)28(32)29-24-11-7-6-8-12-24/h9-10,13-16,22,24H,6-8,11-12,17-18H2,1-5H3,(H,29,32)/t22-/m0/s1. The number of carbonyl (C=O) groups excluding carboxylic acids is 2. The molecule has 2 aromatic carbocycles. The maximum Gasteiger partial charge on any atom is 0.261 e. The Bertz CT molecular complexity index is 998. The molecule has 6 nitrogen and oxygen atoms in total. The second-order valence-corrected chi connectivity index (χ2v) is 9.39. The molecule has 3 rings (SSSR count). The summed E-state index contributed by atoms with van der Waals surface area (Å²) in [6, 6.07) is 11.2. The number of methoxy groups -OCH3 is 1. The minimum atomic E-state index is -0.621. The van der Waals surface area contributed by atoms with Crippen LogP contribution in [0.15, 0.2) is 36.4 Å².